The first kappa shape index (κ1) is 19.2. The molecule has 3 aromatic heterocycles. The van der Waals surface area contributed by atoms with E-state index in [1.807, 2.05) is 45.7 Å². The number of aliphatic imine (C=N–C) groups is 1. The van der Waals surface area contributed by atoms with Crippen LogP contribution < -0.4 is 10.6 Å². The van der Waals surface area contributed by atoms with Gasteiger partial charge in [0.05, 0.1) is 0 Å². The van der Waals surface area contributed by atoms with Crippen LogP contribution in [0.2, 0.25) is 0 Å². The molecular weight excluding hydrogens is 431 g/mol. The van der Waals surface area contributed by atoms with E-state index in [1.54, 1.807) is 13.2 Å². The largest absolute Gasteiger partial charge is 0.356 e. The van der Waals surface area contributed by atoms with E-state index in [0.717, 1.165) is 49.9 Å². The maximum absolute atomic E-state index is 4.23. The Balaban J connectivity index is 0.00000225. The van der Waals surface area contributed by atoms with Crippen LogP contribution in [-0.2, 0) is 13.0 Å². The normalized spacial score (nSPS) is 11.3. The van der Waals surface area contributed by atoms with Gasteiger partial charge in [0.2, 0.25) is 0 Å². The Morgan fingerprint density at radius 1 is 1.12 bits per heavy atom. The molecule has 0 saturated heterocycles. The molecular formula is C16H23IN8. The number of hydrogen-bond acceptors (Lipinski definition) is 4. The molecule has 0 radical (unpaired) electrons. The van der Waals surface area contributed by atoms with E-state index in [9.17, 15) is 0 Å². The number of pyridine rings is 1. The maximum Gasteiger partial charge on any atom is 0.190 e. The van der Waals surface area contributed by atoms with Crippen molar-refractivity contribution in [3.63, 3.8) is 0 Å². The van der Waals surface area contributed by atoms with Crippen LogP contribution in [0.3, 0.4) is 0 Å². The van der Waals surface area contributed by atoms with Crippen LogP contribution in [0.15, 0.2) is 47.8 Å². The van der Waals surface area contributed by atoms with Crippen LogP contribution in [0.1, 0.15) is 12.2 Å². The molecule has 0 aliphatic carbocycles. The van der Waals surface area contributed by atoms with Crippen LogP contribution in [0, 0.1) is 0 Å². The average molecular weight is 454 g/mol. The molecule has 0 fully saturated rings. The van der Waals surface area contributed by atoms with Crippen molar-refractivity contribution in [2.24, 2.45) is 4.99 Å². The predicted octanol–water partition coefficient (Wildman–Crippen LogP) is 1.34. The van der Waals surface area contributed by atoms with Gasteiger partial charge >= 0.3 is 0 Å². The number of aromatic nitrogens is 5. The highest BCUT2D eigenvalue weighted by molar-refractivity contribution is 14.0. The number of hydrogen-bond donors (Lipinski definition) is 2. The Morgan fingerprint density at radius 2 is 2.00 bits per heavy atom. The van der Waals surface area contributed by atoms with Crippen molar-refractivity contribution >= 4 is 35.6 Å². The van der Waals surface area contributed by atoms with Gasteiger partial charge in [0.15, 0.2) is 11.6 Å². The molecule has 0 aliphatic rings. The molecule has 2 N–H and O–H groups in total. The number of aryl methyl sites for hydroxylation is 1. The predicted molar refractivity (Wildman–Crippen MR) is 108 cm³/mol. The van der Waals surface area contributed by atoms with Gasteiger partial charge in [-0.05, 0) is 24.6 Å². The lowest BCUT2D eigenvalue weighted by molar-refractivity contribution is 0.570. The lowest BCUT2D eigenvalue weighted by Gasteiger charge is -2.11. The number of guanidine groups is 1. The summed E-state index contributed by atoms with van der Waals surface area (Å²) in [7, 11) is 1.77. The number of halogens is 1. The topological polar surface area (TPSA) is 84.4 Å². The average Bonchev–Trinajstić information content (AvgIpc) is 3.27. The Kier molecular flexibility index (Phi) is 7.64. The molecule has 8 nitrogen and oxygen atoms in total. The summed E-state index contributed by atoms with van der Waals surface area (Å²) in [5.41, 5.74) is 0.869. The number of fused-ring (bicyclic) bond motifs is 1. The van der Waals surface area contributed by atoms with Crippen LogP contribution in [0.25, 0.3) is 5.65 Å². The van der Waals surface area contributed by atoms with Gasteiger partial charge in [0.25, 0.3) is 0 Å². The third-order valence-electron chi connectivity index (χ3n) is 3.66. The van der Waals surface area contributed by atoms with Gasteiger partial charge in [-0.3, -0.25) is 14.1 Å². The van der Waals surface area contributed by atoms with Gasteiger partial charge in [-0.1, -0.05) is 6.07 Å². The summed E-state index contributed by atoms with van der Waals surface area (Å²) in [6, 6.07) is 7.82. The third kappa shape index (κ3) is 5.41. The molecule has 0 atom stereocenters. The monoisotopic (exact) mass is 454 g/mol. The highest BCUT2D eigenvalue weighted by Gasteiger charge is 2.04. The van der Waals surface area contributed by atoms with Crippen LogP contribution in [-0.4, -0.2) is 50.5 Å². The van der Waals surface area contributed by atoms with E-state index in [4.69, 9.17) is 0 Å². The zero-order valence-corrected chi connectivity index (χ0v) is 16.5. The Hall–Kier alpha value is -2.17. The Morgan fingerprint density at radius 3 is 2.80 bits per heavy atom. The van der Waals surface area contributed by atoms with Crippen molar-refractivity contribution in [2.45, 2.75) is 19.4 Å². The molecule has 9 heteroatoms. The van der Waals surface area contributed by atoms with Gasteiger partial charge in [0, 0.05) is 51.7 Å². The summed E-state index contributed by atoms with van der Waals surface area (Å²) in [5.74, 6) is 1.73. The fourth-order valence-corrected chi connectivity index (χ4v) is 2.46. The second-order valence-electron chi connectivity index (χ2n) is 5.34. The van der Waals surface area contributed by atoms with Crippen LogP contribution in [0.5, 0.6) is 0 Å². The summed E-state index contributed by atoms with van der Waals surface area (Å²) in [4.78, 5) is 4.23. The number of rotatable bonds is 7. The highest BCUT2D eigenvalue weighted by Crippen LogP contribution is 2.02. The smallest absolute Gasteiger partial charge is 0.190 e. The van der Waals surface area contributed by atoms with Crippen molar-refractivity contribution < 1.29 is 0 Å². The second-order valence-corrected chi connectivity index (χ2v) is 5.34. The molecule has 0 aromatic carbocycles. The molecule has 0 saturated carbocycles. The van der Waals surface area contributed by atoms with Crippen molar-refractivity contribution in [1.29, 1.82) is 0 Å². The van der Waals surface area contributed by atoms with E-state index in [1.165, 1.54) is 0 Å². The SMILES string of the molecule is CN=C(NCCCn1cccn1)NCCc1nnc2ccccn12.I. The van der Waals surface area contributed by atoms with Crippen molar-refractivity contribution in [1.82, 2.24) is 35.0 Å². The summed E-state index contributed by atoms with van der Waals surface area (Å²) >= 11 is 0. The minimum absolute atomic E-state index is 0. The summed E-state index contributed by atoms with van der Waals surface area (Å²) in [6.07, 6.45) is 7.50. The van der Waals surface area contributed by atoms with Gasteiger partial charge in [-0.25, -0.2) is 0 Å². The van der Waals surface area contributed by atoms with Gasteiger partial charge < -0.3 is 10.6 Å². The number of nitrogens with zero attached hydrogens (tertiary/aromatic N) is 6. The minimum Gasteiger partial charge on any atom is -0.356 e. The molecule has 0 spiro atoms. The molecule has 3 rings (SSSR count). The molecule has 0 amide bonds. The van der Waals surface area contributed by atoms with Gasteiger partial charge in [-0.2, -0.15) is 5.10 Å². The van der Waals surface area contributed by atoms with Gasteiger partial charge in [-0.15, -0.1) is 34.2 Å². The van der Waals surface area contributed by atoms with E-state index in [2.05, 4.69) is 30.9 Å². The van der Waals surface area contributed by atoms with Crippen LogP contribution >= 0.6 is 24.0 Å². The standard InChI is InChI=1S/C16H22N8.HI/c1-17-16(18-8-4-11-23-12-5-9-20-23)19-10-7-15-22-21-14-6-2-3-13-24(14)15;/h2-3,5-6,9,12-13H,4,7-8,10-11H2,1H3,(H2,17,18,19);1H. The zero-order valence-electron chi connectivity index (χ0n) is 14.2. The molecule has 3 aromatic rings. The quantitative estimate of drug-likeness (QED) is 0.244. The number of nitrogens with one attached hydrogen (secondary N) is 2. The molecule has 0 unspecified atom stereocenters. The first-order chi connectivity index (χ1) is 11.9. The molecule has 3 heterocycles. The summed E-state index contributed by atoms with van der Waals surface area (Å²) in [6.45, 7) is 2.48. The van der Waals surface area contributed by atoms with E-state index < -0.39 is 0 Å². The molecule has 25 heavy (non-hydrogen) atoms. The first-order valence-corrected chi connectivity index (χ1v) is 8.07. The molecule has 0 aliphatic heterocycles. The van der Waals surface area contributed by atoms with Gasteiger partial charge in [0.1, 0.15) is 5.82 Å². The van der Waals surface area contributed by atoms with Crippen molar-refractivity contribution in [3.8, 4) is 0 Å². The fraction of sp³-hybridized carbons (Fsp3) is 0.375. The Bertz CT molecular complexity index is 780. The van der Waals surface area contributed by atoms with Crippen molar-refractivity contribution in [2.75, 3.05) is 20.1 Å². The molecule has 134 valence electrons. The minimum atomic E-state index is 0. The molecule has 0 bridgehead atoms. The highest BCUT2D eigenvalue weighted by atomic mass is 127. The third-order valence-corrected chi connectivity index (χ3v) is 3.66. The van der Waals surface area contributed by atoms with E-state index in [0.29, 0.717) is 0 Å². The van der Waals surface area contributed by atoms with E-state index >= 15 is 0 Å². The maximum atomic E-state index is 4.23. The first-order valence-electron chi connectivity index (χ1n) is 8.07. The zero-order chi connectivity index (χ0) is 16.6. The second kappa shape index (κ2) is 9.97. The lowest BCUT2D eigenvalue weighted by Crippen LogP contribution is -2.39. The van der Waals surface area contributed by atoms with E-state index in [-0.39, 0.29) is 24.0 Å². The summed E-state index contributed by atoms with van der Waals surface area (Å²) < 4.78 is 3.93. The fourth-order valence-electron chi connectivity index (χ4n) is 2.46. The lowest BCUT2D eigenvalue weighted by atomic mass is 10.4. The van der Waals surface area contributed by atoms with Crippen LogP contribution in [0.4, 0.5) is 0 Å². The van der Waals surface area contributed by atoms with Crippen molar-refractivity contribution in [3.05, 3.63) is 48.7 Å². The Labute approximate surface area is 163 Å². The summed E-state index contributed by atoms with van der Waals surface area (Å²) in [5, 5.41) is 19.2.